The molecule has 3 heterocycles. The highest BCUT2D eigenvalue weighted by Gasteiger charge is 2.47. The largest absolute Gasteiger partial charge is 0.507 e. The van der Waals surface area contributed by atoms with Gasteiger partial charge < -0.3 is 23.9 Å². The Kier molecular flexibility index (Phi) is 5.44. The van der Waals surface area contributed by atoms with Gasteiger partial charge in [0, 0.05) is 25.0 Å². The predicted octanol–water partition coefficient (Wildman–Crippen LogP) is 3.31. The molecule has 1 N–H and O–H groups in total. The van der Waals surface area contributed by atoms with E-state index in [1.54, 1.807) is 54.9 Å². The van der Waals surface area contributed by atoms with E-state index < -0.39 is 17.7 Å². The number of amides is 1. The van der Waals surface area contributed by atoms with Gasteiger partial charge >= 0.3 is 0 Å². The van der Waals surface area contributed by atoms with Crippen LogP contribution in [0, 0.1) is 0 Å². The Labute approximate surface area is 178 Å². The second-order valence-electron chi connectivity index (χ2n) is 6.87. The molecule has 1 aliphatic rings. The molecule has 158 valence electrons. The number of ketones is 1. The van der Waals surface area contributed by atoms with Crippen LogP contribution < -0.4 is 9.47 Å². The van der Waals surface area contributed by atoms with Crippen LogP contribution in [0.25, 0.3) is 5.76 Å². The Morgan fingerprint density at radius 1 is 1.16 bits per heavy atom. The van der Waals surface area contributed by atoms with Crippen molar-refractivity contribution >= 4 is 17.4 Å². The van der Waals surface area contributed by atoms with Crippen LogP contribution >= 0.6 is 0 Å². The summed E-state index contributed by atoms with van der Waals surface area (Å²) in [6.07, 6.45) is 4.69. The van der Waals surface area contributed by atoms with Crippen molar-refractivity contribution in [1.82, 2.24) is 9.88 Å². The lowest BCUT2D eigenvalue weighted by molar-refractivity contribution is -0.140. The predicted molar refractivity (Wildman–Crippen MR) is 110 cm³/mol. The summed E-state index contributed by atoms with van der Waals surface area (Å²) in [6.45, 7) is 0.125. The maximum Gasteiger partial charge on any atom is 0.296 e. The average molecular weight is 420 g/mol. The number of pyridine rings is 1. The first-order chi connectivity index (χ1) is 15.0. The number of likely N-dealkylation sites (tertiary alicyclic amines) is 1. The number of furan rings is 1. The molecule has 0 radical (unpaired) electrons. The Hall–Kier alpha value is -4.07. The van der Waals surface area contributed by atoms with Gasteiger partial charge in [0.15, 0.2) is 0 Å². The first-order valence-electron chi connectivity index (χ1n) is 9.48. The third kappa shape index (κ3) is 3.63. The van der Waals surface area contributed by atoms with Crippen LogP contribution in [0.15, 0.2) is 71.1 Å². The van der Waals surface area contributed by atoms with Gasteiger partial charge in [-0.2, -0.15) is 0 Å². The van der Waals surface area contributed by atoms with E-state index in [2.05, 4.69) is 4.98 Å². The normalized spacial score (nSPS) is 17.7. The smallest absolute Gasteiger partial charge is 0.296 e. The number of methoxy groups -OCH3 is 2. The average Bonchev–Trinajstić information content (AvgIpc) is 3.41. The summed E-state index contributed by atoms with van der Waals surface area (Å²) in [5.74, 6) is -0.716. The van der Waals surface area contributed by atoms with Crippen molar-refractivity contribution in [1.29, 1.82) is 0 Å². The number of benzene rings is 1. The van der Waals surface area contributed by atoms with Gasteiger partial charge in [0.2, 0.25) is 0 Å². The van der Waals surface area contributed by atoms with Crippen LogP contribution in [0.3, 0.4) is 0 Å². The van der Waals surface area contributed by atoms with Crippen molar-refractivity contribution in [3.05, 3.63) is 83.6 Å². The molecule has 4 rings (SSSR count). The molecule has 3 aromatic rings. The van der Waals surface area contributed by atoms with Gasteiger partial charge in [-0.3, -0.25) is 14.6 Å². The summed E-state index contributed by atoms with van der Waals surface area (Å²) >= 11 is 0. The summed E-state index contributed by atoms with van der Waals surface area (Å²) in [5, 5.41) is 11.1. The van der Waals surface area contributed by atoms with E-state index in [0.717, 1.165) is 5.56 Å². The Balaban J connectivity index is 1.85. The molecule has 1 unspecified atom stereocenters. The number of ether oxygens (including phenoxy) is 2. The van der Waals surface area contributed by atoms with E-state index in [-0.39, 0.29) is 23.4 Å². The topological polar surface area (TPSA) is 102 Å². The second kappa shape index (κ2) is 8.35. The molecule has 8 heteroatoms. The van der Waals surface area contributed by atoms with Crippen molar-refractivity contribution in [3.8, 4) is 11.5 Å². The lowest BCUT2D eigenvalue weighted by Crippen LogP contribution is -2.29. The summed E-state index contributed by atoms with van der Waals surface area (Å²) in [4.78, 5) is 31.4. The van der Waals surface area contributed by atoms with Gasteiger partial charge in [-0.05, 0) is 35.9 Å². The van der Waals surface area contributed by atoms with E-state index in [1.807, 2.05) is 0 Å². The van der Waals surface area contributed by atoms with Gasteiger partial charge in [0.1, 0.15) is 29.1 Å². The van der Waals surface area contributed by atoms with E-state index in [1.165, 1.54) is 25.4 Å². The summed E-state index contributed by atoms with van der Waals surface area (Å²) in [5.41, 5.74) is 0.925. The van der Waals surface area contributed by atoms with Gasteiger partial charge in [0.05, 0.1) is 31.6 Å². The first kappa shape index (κ1) is 20.2. The molecule has 31 heavy (non-hydrogen) atoms. The number of carbonyl (C=O) groups excluding carboxylic acids is 2. The fourth-order valence-corrected chi connectivity index (χ4v) is 3.61. The molecule has 1 fully saturated rings. The Morgan fingerprint density at radius 3 is 2.65 bits per heavy atom. The number of hydrogen-bond donors (Lipinski definition) is 1. The molecule has 1 aliphatic heterocycles. The van der Waals surface area contributed by atoms with Gasteiger partial charge in [-0.15, -0.1) is 0 Å². The fourth-order valence-electron chi connectivity index (χ4n) is 3.61. The van der Waals surface area contributed by atoms with Crippen LogP contribution in [-0.4, -0.2) is 40.9 Å². The fraction of sp³-hybridized carbons (Fsp3) is 0.174. The molecule has 0 saturated carbocycles. The minimum absolute atomic E-state index is 0.0766. The zero-order valence-corrected chi connectivity index (χ0v) is 16.9. The number of Topliss-reactive ketones (excluding diaryl/α,β-unsaturated/α-hetero) is 1. The molecule has 2 aromatic heterocycles. The van der Waals surface area contributed by atoms with Crippen molar-refractivity contribution in [2.24, 2.45) is 0 Å². The highest BCUT2D eigenvalue weighted by Crippen LogP contribution is 2.42. The lowest BCUT2D eigenvalue weighted by atomic mass is 9.98. The summed E-state index contributed by atoms with van der Waals surface area (Å²) < 4.78 is 16.1. The Morgan fingerprint density at radius 2 is 2.00 bits per heavy atom. The molecular formula is C23H20N2O6. The van der Waals surface area contributed by atoms with Gasteiger partial charge in [0.25, 0.3) is 11.7 Å². The highest BCUT2D eigenvalue weighted by molar-refractivity contribution is 6.46. The number of hydrogen-bond acceptors (Lipinski definition) is 7. The third-order valence-corrected chi connectivity index (χ3v) is 5.09. The SMILES string of the molecule is COc1ccc(/C(O)=C2/C(=O)C(=O)N(Cc3cccnc3)C2c2ccco2)c(OC)c1. The van der Waals surface area contributed by atoms with Crippen molar-refractivity contribution < 1.29 is 28.6 Å². The minimum atomic E-state index is -0.901. The number of rotatable bonds is 6. The Bertz CT molecular complexity index is 1140. The zero-order chi connectivity index (χ0) is 22.0. The number of aliphatic hydroxyl groups is 1. The summed E-state index contributed by atoms with van der Waals surface area (Å²) in [7, 11) is 2.95. The van der Waals surface area contributed by atoms with Crippen molar-refractivity contribution in [3.63, 3.8) is 0 Å². The van der Waals surface area contributed by atoms with Crippen LogP contribution in [-0.2, 0) is 16.1 Å². The third-order valence-electron chi connectivity index (χ3n) is 5.09. The van der Waals surface area contributed by atoms with Crippen molar-refractivity contribution in [2.45, 2.75) is 12.6 Å². The van der Waals surface area contributed by atoms with Crippen LogP contribution in [0.5, 0.6) is 11.5 Å². The second-order valence-corrected chi connectivity index (χ2v) is 6.87. The quantitative estimate of drug-likeness (QED) is 0.371. The minimum Gasteiger partial charge on any atom is -0.507 e. The van der Waals surface area contributed by atoms with Gasteiger partial charge in [-0.1, -0.05) is 6.07 Å². The number of aromatic nitrogens is 1. The highest BCUT2D eigenvalue weighted by atomic mass is 16.5. The molecule has 1 aromatic carbocycles. The molecule has 0 aliphatic carbocycles. The van der Waals surface area contributed by atoms with E-state index >= 15 is 0 Å². The molecule has 1 atom stereocenters. The molecule has 1 amide bonds. The standard InChI is InChI=1S/C23H20N2O6/c1-29-15-7-8-16(18(11-15)30-2)21(26)19-20(17-6-4-10-31-17)25(23(28)22(19)27)13-14-5-3-9-24-12-14/h3-12,20,26H,13H2,1-2H3/b21-19-. The zero-order valence-electron chi connectivity index (χ0n) is 16.9. The van der Waals surface area contributed by atoms with Crippen LogP contribution in [0.4, 0.5) is 0 Å². The van der Waals surface area contributed by atoms with Crippen LogP contribution in [0.1, 0.15) is 22.9 Å². The first-order valence-corrected chi connectivity index (χ1v) is 9.48. The molecule has 8 nitrogen and oxygen atoms in total. The maximum atomic E-state index is 13.0. The van der Waals surface area contributed by atoms with E-state index in [4.69, 9.17) is 13.9 Å². The molecular weight excluding hydrogens is 400 g/mol. The lowest BCUT2D eigenvalue weighted by Gasteiger charge is -2.23. The summed E-state index contributed by atoms with van der Waals surface area (Å²) in [6, 6.07) is 10.8. The monoisotopic (exact) mass is 420 g/mol. The molecule has 0 spiro atoms. The molecule has 1 saturated heterocycles. The van der Waals surface area contributed by atoms with E-state index in [9.17, 15) is 14.7 Å². The number of nitrogens with zero attached hydrogens (tertiary/aromatic N) is 2. The van der Waals surface area contributed by atoms with Crippen molar-refractivity contribution in [2.75, 3.05) is 14.2 Å². The van der Waals surface area contributed by atoms with Crippen LogP contribution in [0.2, 0.25) is 0 Å². The number of carbonyl (C=O) groups is 2. The maximum absolute atomic E-state index is 13.0. The van der Waals surface area contributed by atoms with Gasteiger partial charge in [-0.25, -0.2) is 0 Å². The number of aliphatic hydroxyl groups excluding tert-OH is 1. The molecule has 0 bridgehead atoms. The van der Waals surface area contributed by atoms with E-state index in [0.29, 0.717) is 17.3 Å².